The van der Waals surface area contributed by atoms with Crippen LogP contribution in [0.25, 0.3) is 11.5 Å². The van der Waals surface area contributed by atoms with E-state index in [1.165, 1.54) is 31.2 Å². The number of nitrogens with one attached hydrogen (secondary N) is 2. The molecule has 1 fully saturated rings. The van der Waals surface area contributed by atoms with Crippen LogP contribution in [0.1, 0.15) is 25.0 Å². The van der Waals surface area contributed by atoms with Gasteiger partial charge in [0.05, 0.1) is 12.1 Å². The molecule has 3 rings (SSSR count). The molecule has 0 saturated carbocycles. The van der Waals surface area contributed by atoms with Gasteiger partial charge in [-0.3, -0.25) is 4.79 Å². The van der Waals surface area contributed by atoms with Crippen molar-refractivity contribution in [3.05, 3.63) is 42.0 Å². The van der Waals surface area contributed by atoms with Crippen molar-refractivity contribution in [1.82, 2.24) is 15.6 Å². The maximum atomic E-state index is 12.9. The maximum absolute atomic E-state index is 12.9. The summed E-state index contributed by atoms with van der Waals surface area (Å²) in [6, 6.07) is 5.91. The molecular formula is C18H22FN3O2. The fraction of sp³-hybridized carbons (Fsp3) is 0.444. The Labute approximate surface area is 140 Å². The highest BCUT2D eigenvalue weighted by Crippen LogP contribution is 2.19. The Hall–Kier alpha value is -2.21. The lowest BCUT2D eigenvalue weighted by Crippen LogP contribution is -2.33. The van der Waals surface area contributed by atoms with Gasteiger partial charge < -0.3 is 15.1 Å². The topological polar surface area (TPSA) is 67.2 Å². The molecule has 0 spiro atoms. The Kier molecular flexibility index (Phi) is 5.59. The fourth-order valence-corrected chi connectivity index (χ4v) is 2.93. The van der Waals surface area contributed by atoms with Crippen molar-refractivity contribution in [1.29, 1.82) is 0 Å². The van der Waals surface area contributed by atoms with E-state index in [4.69, 9.17) is 4.42 Å². The Bertz CT molecular complexity index is 663. The summed E-state index contributed by atoms with van der Waals surface area (Å²) in [6.45, 7) is 2.83. The quantitative estimate of drug-likeness (QED) is 0.853. The zero-order valence-corrected chi connectivity index (χ0v) is 13.6. The minimum absolute atomic E-state index is 0.0577. The molecule has 2 aromatic rings. The van der Waals surface area contributed by atoms with E-state index in [0.717, 1.165) is 19.5 Å². The second kappa shape index (κ2) is 8.06. The molecule has 2 heterocycles. The lowest BCUT2D eigenvalue weighted by Gasteiger charge is -2.22. The molecule has 2 N–H and O–H groups in total. The van der Waals surface area contributed by atoms with Gasteiger partial charge in [0.25, 0.3) is 0 Å². The van der Waals surface area contributed by atoms with Crippen LogP contribution in [0.4, 0.5) is 4.39 Å². The molecule has 1 aromatic heterocycles. The summed E-state index contributed by atoms with van der Waals surface area (Å²) >= 11 is 0. The van der Waals surface area contributed by atoms with Gasteiger partial charge in [-0.2, -0.15) is 0 Å². The SMILES string of the molecule is O=C(Cc1coc(-c2ccc(F)cc2)n1)NCCC1CCCNC1. The molecular weight excluding hydrogens is 309 g/mol. The Morgan fingerprint density at radius 3 is 2.96 bits per heavy atom. The number of hydrogen-bond acceptors (Lipinski definition) is 4. The Morgan fingerprint density at radius 1 is 1.38 bits per heavy atom. The standard InChI is InChI=1S/C18H22FN3O2/c19-15-5-3-14(4-6-15)18-22-16(12-24-18)10-17(23)21-9-7-13-2-1-8-20-11-13/h3-6,12-13,20H,1-2,7-11H2,(H,21,23). The molecule has 1 aliphatic heterocycles. The molecule has 128 valence electrons. The van der Waals surface area contributed by atoms with Crippen LogP contribution < -0.4 is 10.6 Å². The van der Waals surface area contributed by atoms with E-state index in [9.17, 15) is 9.18 Å². The van der Waals surface area contributed by atoms with Gasteiger partial charge in [0, 0.05) is 12.1 Å². The van der Waals surface area contributed by atoms with Crippen LogP contribution in [0.5, 0.6) is 0 Å². The minimum atomic E-state index is -0.307. The molecule has 5 nitrogen and oxygen atoms in total. The average molecular weight is 331 g/mol. The van der Waals surface area contributed by atoms with Crippen molar-refractivity contribution in [3.8, 4) is 11.5 Å². The smallest absolute Gasteiger partial charge is 0.226 e. The van der Waals surface area contributed by atoms with E-state index >= 15 is 0 Å². The van der Waals surface area contributed by atoms with Gasteiger partial charge in [0.2, 0.25) is 11.8 Å². The summed E-state index contributed by atoms with van der Waals surface area (Å²) in [6.07, 6.45) is 5.10. The maximum Gasteiger partial charge on any atom is 0.226 e. The fourth-order valence-electron chi connectivity index (χ4n) is 2.93. The van der Waals surface area contributed by atoms with Gasteiger partial charge in [0.15, 0.2) is 0 Å². The lowest BCUT2D eigenvalue weighted by molar-refractivity contribution is -0.120. The van der Waals surface area contributed by atoms with E-state index in [1.54, 1.807) is 12.1 Å². The largest absolute Gasteiger partial charge is 0.444 e. The highest BCUT2D eigenvalue weighted by molar-refractivity contribution is 5.78. The van der Waals surface area contributed by atoms with Crippen molar-refractivity contribution in [2.75, 3.05) is 19.6 Å². The first-order chi connectivity index (χ1) is 11.7. The van der Waals surface area contributed by atoms with Gasteiger partial charge >= 0.3 is 0 Å². The normalized spacial score (nSPS) is 17.6. The van der Waals surface area contributed by atoms with Crippen LogP contribution in [0.3, 0.4) is 0 Å². The van der Waals surface area contributed by atoms with Crippen LogP contribution in [-0.4, -0.2) is 30.5 Å². The van der Waals surface area contributed by atoms with Crippen LogP contribution in [-0.2, 0) is 11.2 Å². The van der Waals surface area contributed by atoms with E-state index in [2.05, 4.69) is 15.6 Å². The lowest BCUT2D eigenvalue weighted by atomic mass is 9.96. The van der Waals surface area contributed by atoms with E-state index in [-0.39, 0.29) is 18.1 Å². The monoisotopic (exact) mass is 331 g/mol. The number of nitrogens with zero attached hydrogens (tertiary/aromatic N) is 1. The number of carbonyl (C=O) groups excluding carboxylic acids is 1. The number of halogens is 1. The van der Waals surface area contributed by atoms with Crippen LogP contribution in [0, 0.1) is 11.7 Å². The van der Waals surface area contributed by atoms with Crippen LogP contribution in [0.2, 0.25) is 0 Å². The molecule has 1 amide bonds. The summed E-state index contributed by atoms with van der Waals surface area (Å²) in [7, 11) is 0. The Morgan fingerprint density at radius 2 is 2.21 bits per heavy atom. The van der Waals surface area contributed by atoms with Crippen LogP contribution >= 0.6 is 0 Å². The first kappa shape index (κ1) is 16.6. The van der Waals surface area contributed by atoms with Crippen molar-refractivity contribution in [2.24, 2.45) is 5.92 Å². The summed E-state index contributed by atoms with van der Waals surface area (Å²) in [5.41, 5.74) is 1.26. The van der Waals surface area contributed by atoms with Crippen molar-refractivity contribution >= 4 is 5.91 Å². The zero-order valence-electron chi connectivity index (χ0n) is 13.6. The van der Waals surface area contributed by atoms with Crippen molar-refractivity contribution < 1.29 is 13.6 Å². The highest BCUT2D eigenvalue weighted by Gasteiger charge is 2.14. The van der Waals surface area contributed by atoms with Crippen molar-refractivity contribution in [2.45, 2.75) is 25.7 Å². The van der Waals surface area contributed by atoms with Gasteiger partial charge in [-0.1, -0.05) is 0 Å². The second-order valence-electron chi connectivity index (χ2n) is 6.18. The summed E-state index contributed by atoms with van der Waals surface area (Å²) in [5.74, 6) is 0.679. The number of oxazole rings is 1. The van der Waals surface area contributed by atoms with Crippen LogP contribution in [0.15, 0.2) is 34.9 Å². The molecule has 1 aliphatic rings. The molecule has 0 radical (unpaired) electrons. The molecule has 1 unspecified atom stereocenters. The van der Waals surface area contributed by atoms with Crippen molar-refractivity contribution in [3.63, 3.8) is 0 Å². The number of rotatable bonds is 6. The first-order valence-electron chi connectivity index (χ1n) is 8.38. The van der Waals surface area contributed by atoms with Gasteiger partial charge in [0.1, 0.15) is 12.1 Å². The van der Waals surface area contributed by atoms with Gasteiger partial charge in [-0.05, 0) is 62.5 Å². The minimum Gasteiger partial charge on any atom is -0.444 e. The predicted molar refractivity (Wildman–Crippen MR) is 88.8 cm³/mol. The first-order valence-corrected chi connectivity index (χ1v) is 8.38. The van der Waals surface area contributed by atoms with Gasteiger partial charge in [-0.25, -0.2) is 9.37 Å². The molecule has 24 heavy (non-hydrogen) atoms. The molecule has 0 aliphatic carbocycles. The molecule has 6 heteroatoms. The summed E-state index contributed by atoms with van der Waals surface area (Å²) in [4.78, 5) is 16.3. The second-order valence-corrected chi connectivity index (χ2v) is 6.18. The third kappa shape index (κ3) is 4.64. The molecule has 1 atom stereocenters. The number of hydrogen-bond donors (Lipinski definition) is 2. The molecule has 0 bridgehead atoms. The zero-order chi connectivity index (χ0) is 16.8. The Balaban J connectivity index is 1.45. The number of aromatic nitrogens is 1. The summed E-state index contributed by atoms with van der Waals surface area (Å²) < 4.78 is 18.3. The van der Waals surface area contributed by atoms with E-state index < -0.39 is 0 Å². The van der Waals surface area contributed by atoms with Gasteiger partial charge in [-0.15, -0.1) is 0 Å². The average Bonchev–Trinajstić information content (AvgIpc) is 3.05. The van der Waals surface area contributed by atoms with E-state index in [1.807, 2.05) is 0 Å². The number of benzene rings is 1. The number of piperidine rings is 1. The molecule has 1 saturated heterocycles. The third-order valence-electron chi connectivity index (χ3n) is 4.26. The van der Waals surface area contributed by atoms with E-state index in [0.29, 0.717) is 29.6 Å². The molecule has 1 aromatic carbocycles. The third-order valence-corrected chi connectivity index (χ3v) is 4.26. The number of carbonyl (C=O) groups is 1. The predicted octanol–water partition coefficient (Wildman–Crippen LogP) is 2.53. The summed E-state index contributed by atoms with van der Waals surface area (Å²) in [5, 5.41) is 6.31. The highest BCUT2D eigenvalue weighted by atomic mass is 19.1. The number of amides is 1.